The van der Waals surface area contributed by atoms with Gasteiger partial charge in [-0.3, -0.25) is 0 Å². The van der Waals surface area contributed by atoms with Crippen molar-refractivity contribution in [3.05, 3.63) is 60.4 Å². The number of benzene rings is 2. The van der Waals surface area contributed by atoms with Gasteiger partial charge in [-0.1, -0.05) is 29.3 Å². The summed E-state index contributed by atoms with van der Waals surface area (Å²) in [4.78, 5) is 0. The summed E-state index contributed by atoms with van der Waals surface area (Å²) >= 11 is 18.8. The largest absolute Gasteiger partial charge is 0.506 e. The molecule has 112 valence electrons. The second-order valence-corrected chi connectivity index (χ2v) is 7.23. The second kappa shape index (κ2) is 7.34. The van der Waals surface area contributed by atoms with Crippen LogP contribution >= 0.6 is 55.1 Å². The maximum atomic E-state index is 9.70. The third-order valence-electron chi connectivity index (χ3n) is 3.12. The molecule has 2 nitrogen and oxygen atoms in total. The summed E-state index contributed by atoms with van der Waals surface area (Å²) in [5.74, 6) is 0.201. The van der Waals surface area contributed by atoms with Crippen LogP contribution in [0.1, 0.15) is 24.1 Å². The average molecular weight is 454 g/mol. The molecule has 21 heavy (non-hydrogen) atoms. The van der Waals surface area contributed by atoms with Gasteiger partial charge in [0.25, 0.3) is 0 Å². The predicted molar refractivity (Wildman–Crippen MR) is 95.2 cm³/mol. The summed E-state index contributed by atoms with van der Waals surface area (Å²) in [6.07, 6.45) is 0. The first-order chi connectivity index (χ1) is 9.88. The molecule has 0 radical (unpaired) electrons. The van der Waals surface area contributed by atoms with E-state index in [1.54, 1.807) is 6.07 Å². The Labute approximate surface area is 150 Å². The minimum atomic E-state index is 0.0844. The van der Waals surface area contributed by atoms with Crippen LogP contribution in [-0.2, 0) is 6.54 Å². The maximum Gasteiger partial charge on any atom is 0.143 e. The second-order valence-electron chi connectivity index (χ2n) is 4.68. The first-order valence-electron chi connectivity index (χ1n) is 6.23. The Morgan fingerprint density at radius 2 is 1.76 bits per heavy atom. The van der Waals surface area contributed by atoms with Crippen LogP contribution < -0.4 is 5.32 Å². The fourth-order valence-corrected chi connectivity index (χ4v) is 3.81. The van der Waals surface area contributed by atoms with Gasteiger partial charge >= 0.3 is 0 Å². The van der Waals surface area contributed by atoms with Crippen LogP contribution in [0.25, 0.3) is 0 Å². The summed E-state index contributed by atoms with van der Waals surface area (Å²) in [5.41, 5.74) is 2.04. The molecule has 0 aliphatic rings. The predicted octanol–water partition coefficient (Wildman–Crippen LogP) is 6.07. The van der Waals surface area contributed by atoms with E-state index >= 15 is 0 Å². The van der Waals surface area contributed by atoms with Crippen molar-refractivity contribution in [2.75, 3.05) is 0 Å². The number of hydrogen-bond donors (Lipinski definition) is 2. The Morgan fingerprint density at radius 3 is 2.33 bits per heavy atom. The van der Waals surface area contributed by atoms with Gasteiger partial charge in [-0.05, 0) is 74.2 Å². The van der Waals surface area contributed by atoms with Crippen LogP contribution in [0.3, 0.4) is 0 Å². The molecule has 0 saturated heterocycles. The highest BCUT2D eigenvalue weighted by molar-refractivity contribution is 9.11. The molecule has 2 aromatic rings. The van der Waals surface area contributed by atoms with E-state index in [0.29, 0.717) is 25.5 Å². The smallest absolute Gasteiger partial charge is 0.143 e. The number of halogens is 4. The van der Waals surface area contributed by atoms with Crippen molar-refractivity contribution in [2.24, 2.45) is 0 Å². The van der Waals surface area contributed by atoms with Gasteiger partial charge in [-0.2, -0.15) is 0 Å². The van der Waals surface area contributed by atoms with Crippen molar-refractivity contribution < 1.29 is 5.11 Å². The molecule has 2 N–H and O–H groups in total. The van der Waals surface area contributed by atoms with Crippen molar-refractivity contribution >= 4 is 55.1 Å². The molecule has 0 saturated carbocycles. The lowest BCUT2D eigenvalue weighted by atomic mass is 10.1. The summed E-state index contributed by atoms with van der Waals surface area (Å²) < 4.78 is 1.32. The highest BCUT2D eigenvalue weighted by Crippen LogP contribution is 2.33. The van der Waals surface area contributed by atoms with Gasteiger partial charge in [0.05, 0.1) is 8.95 Å². The van der Waals surface area contributed by atoms with E-state index in [4.69, 9.17) is 23.2 Å². The summed E-state index contributed by atoms with van der Waals surface area (Å²) in [6.45, 7) is 2.69. The third kappa shape index (κ3) is 4.36. The van der Waals surface area contributed by atoms with E-state index in [9.17, 15) is 5.11 Å². The molecule has 2 aromatic carbocycles. The van der Waals surface area contributed by atoms with Crippen LogP contribution in [0.5, 0.6) is 5.75 Å². The van der Waals surface area contributed by atoms with Crippen LogP contribution in [-0.4, -0.2) is 5.11 Å². The van der Waals surface area contributed by atoms with Crippen LogP contribution in [0.15, 0.2) is 39.3 Å². The van der Waals surface area contributed by atoms with Gasteiger partial charge in [0.1, 0.15) is 5.75 Å². The fourth-order valence-electron chi connectivity index (χ4n) is 1.95. The molecular weight excluding hydrogens is 441 g/mol. The van der Waals surface area contributed by atoms with Gasteiger partial charge < -0.3 is 10.4 Å². The molecule has 0 aliphatic carbocycles. The molecule has 0 spiro atoms. The number of rotatable bonds is 4. The van der Waals surface area contributed by atoms with E-state index in [-0.39, 0.29) is 11.8 Å². The standard InChI is InChI=1S/C15H13Br2Cl2NO/c1-8(11-3-2-10(18)6-14(11)19)20-7-9-4-12(16)15(21)13(17)5-9/h2-6,8,20-21H,7H2,1H3. The number of hydrogen-bond acceptors (Lipinski definition) is 2. The zero-order valence-corrected chi connectivity index (χ0v) is 15.8. The van der Waals surface area contributed by atoms with Crippen LogP contribution in [0.2, 0.25) is 10.0 Å². The molecule has 0 aliphatic heterocycles. The first-order valence-corrected chi connectivity index (χ1v) is 8.58. The normalized spacial score (nSPS) is 12.4. The van der Waals surface area contributed by atoms with Gasteiger partial charge in [0.15, 0.2) is 0 Å². The Bertz CT molecular complexity index is 641. The van der Waals surface area contributed by atoms with Gasteiger partial charge in [-0.25, -0.2) is 0 Å². The molecule has 2 rings (SSSR count). The van der Waals surface area contributed by atoms with E-state index in [0.717, 1.165) is 11.1 Å². The molecule has 0 fully saturated rings. The van der Waals surface area contributed by atoms with Gasteiger partial charge in [0, 0.05) is 22.6 Å². The maximum absolute atomic E-state index is 9.70. The zero-order valence-electron chi connectivity index (χ0n) is 11.1. The summed E-state index contributed by atoms with van der Waals surface area (Å²) in [6, 6.07) is 9.33. The Hall–Kier alpha value is -0.260. The number of phenols is 1. The molecular formula is C15H13Br2Cl2NO. The van der Waals surface area contributed by atoms with Gasteiger partial charge in [-0.15, -0.1) is 0 Å². The van der Waals surface area contributed by atoms with E-state index in [1.807, 2.05) is 31.2 Å². The Morgan fingerprint density at radius 1 is 1.14 bits per heavy atom. The van der Waals surface area contributed by atoms with Gasteiger partial charge in [0.2, 0.25) is 0 Å². The number of aromatic hydroxyl groups is 1. The lowest BCUT2D eigenvalue weighted by molar-refractivity contribution is 0.467. The monoisotopic (exact) mass is 451 g/mol. The summed E-state index contributed by atoms with van der Waals surface area (Å²) in [7, 11) is 0. The highest BCUT2D eigenvalue weighted by atomic mass is 79.9. The Kier molecular flexibility index (Phi) is 5.97. The van der Waals surface area contributed by atoms with Crippen LogP contribution in [0.4, 0.5) is 0 Å². The highest BCUT2D eigenvalue weighted by Gasteiger charge is 2.11. The lowest BCUT2D eigenvalue weighted by Crippen LogP contribution is -2.18. The average Bonchev–Trinajstić information content (AvgIpc) is 2.42. The Balaban J connectivity index is 2.09. The zero-order chi connectivity index (χ0) is 15.6. The first kappa shape index (κ1) is 17.1. The van der Waals surface area contributed by atoms with E-state index < -0.39 is 0 Å². The molecule has 1 atom stereocenters. The fraction of sp³-hybridized carbons (Fsp3) is 0.200. The van der Waals surface area contributed by atoms with Crippen LogP contribution in [0, 0.1) is 0 Å². The minimum absolute atomic E-state index is 0.0844. The van der Waals surface area contributed by atoms with Crippen molar-refractivity contribution in [3.8, 4) is 5.75 Å². The minimum Gasteiger partial charge on any atom is -0.506 e. The number of phenolic OH excluding ortho intramolecular Hbond substituents is 1. The number of nitrogens with one attached hydrogen (secondary N) is 1. The third-order valence-corrected chi connectivity index (χ3v) is 4.89. The molecule has 0 bridgehead atoms. The van der Waals surface area contributed by atoms with E-state index in [2.05, 4.69) is 37.2 Å². The van der Waals surface area contributed by atoms with E-state index in [1.165, 1.54) is 0 Å². The van der Waals surface area contributed by atoms with Crippen molar-refractivity contribution in [3.63, 3.8) is 0 Å². The quantitative estimate of drug-likeness (QED) is 0.588. The molecule has 6 heteroatoms. The molecule has 1 unspecified atom stereocenters. The lowest BCUT2D eigenvalue weighted by Gasteiger charge is -2.16. The van der Waals surface area contributed by atoms with Crippen molar-refractivity contribution in [1.29, 1.82) is 0 Å². The summed E-state index contributed by atoms with van der Waals surface area (Å²) in [5, 5.41) is 14.4. The molecule has 0 aromatic heterocycles. The topological polar surface area (TPSA) is 32.3 Å². The van der Waals surface area contributed by atoms with Crippen molar-refractivity contribution in [1.82, 2.24) is 5.32 Å². The molecule has 0 amide bonds. The van der Waals surface area contributed by atoms with Crippen molar-refractivity contribution in [2.45, 2.75) is 19.5 Å². The SMILES string of the molecule is CC(NCc1cc(Br)c(O)c(Br)c1)c1ccc(Cl)cc1Cl. The molecule has 0 heterocycles.